The number of fused-ring (bicyclic) bond motifs is 1. The van der Waals surface area contributed by atoms with Crippen LogP contribution in [-0.2, 0) is 22.7 Å². The van der Waals surface area contributed by atoms with E-state index in [1.807, 2.05) is 0 Å². The summed E-state index contributed by atoms with van der Waals surface area (Å²) in [6.07, 6.45) is 1.34. The molecule has 46 heavy (non-hydrogen) atoms. The Morgan fingerprint density at radius 3 is 2.20 bits per heavy atom. The second-order valence-electron chi connectivity index (χ2n) is 11.1. The number of nitrogens with one attached hydrogen (secondary N) is 2. The second kappa shape index (κ2) is 15.1. The maximum absolute atomic E-state index is 14.0. The molecular formula is C32H32Cl2F3N5O4. The number of urea groups is 1. The molecule has 3 aromatic carbocycles. The van der Waals surface area contributed by atoms with Gasteiger partial charge in [-0.1, -0.05) is 53.5 Å². The lowest BCUT2D eigenvalue weighted by atomic mass is 9.99. The third-order valence-electron chi connectivity index (χ3n) is 6.83. The molecule has 4 rings (SSSR count). The second-order valence-corrected chi connectivity index (χ2v) is 11.9. The molecule has 1 heterocycles. The molecule has 14 heteroatoms. The molecule has 0 aliphatic rings. The molecule has 1 aromatic heterocycles. The number of pyridine rings is 1. The fraction of sp³-hybridized carbons (Fsp3) is 0.281. The highest BCUT2D eigenvalue weighted by Gasteiger charge is 2.30. The van der Waals surface area contributed by atoms with Crippen molar-refractivity contribution in [3.05, 3.63) is 105 Å². The standard InChI is InChI=1S/C32H32Cl2F3N5O4/c1-19(43)41(40-17-22-7-5-9-27(37)30(22)34)25(14-32(2,3)45)18-46-42(28-13-20-10-11-24(35)12-23(20)16-38-28)31(44)39-15-21-6-4-8-26(36)29(21)33/h4-13,16,25,40,45H,14-15,17-18H2,1-3H3,(H,39,44)/t25-/m0/s1. The molecule has 244 valence electrons. The molecule has 0 saturated carbocycles. The number of anilines is 1. The van der Waals surface area contributed by atoms with E-state index in [9.17, 15) is 27.9 Å². The third kappa shape index (κ3) is 9.08. The van der Waals surface area contributed by atoms with Crippen molar-refractivity contribution in [1.82, 2.24) is 20.7 Å². The van der Waals surface area contributed by atoms with Crippen molar-refractivity contribution in [2.45, 2.75) is 51.9 Å². The predicted octanol–water partition coefficient (Wildman–Crippen LogP) is 6.69. The largest absolute Gasteiger partial charge is 0.390 e. The smallest absolute Gasteiger partial charge is 0.347 e. The Morgan fingerprint density at radius 1 is 0.957 bits per heavy atom. The first-order valence-corrected chi connectivity index (χ1v) is 14.9. The Balaban J connectivity index is 1.62. The van der Waals surface area contributed by atoms with E-state index in [0.29, 0.717) is 21.9 Å². The molecule has 3 N–H and O–H groups in total. The third-order valence-corrected chi connectivity index (χ3v) is 7.68. The molecule has 0 fully saturated rings. The van der Waals surface area contributed by atoms with Crippen LogP contribution in [0, 0.1) is 17.5 Å². The zero-order chi connectivity index (χ0) is 33.6. The number of carbonyl (C=O) groups is 2. The van der Waals surface area contributed by atoms with Crippen LogP contribution < -0.4 is 15.8 Å². The van der Waals surface area contributed by atoms with Crippen LogP contribution in [0.2, 0.25) is 10.0 Å². The minimum atomic E-state index is -1.30. The average Bonchev–Trinajstić information content (AvgIpc) is 2.99. The minimum absolute atomic E-state index is 0.0119. The highest BCUT2D eigenvalue weighted by Crippen LogP contribution is 2.24. The van der Waals surface area contributed by atoms with E-state index < -0.39 is 41.0 Å². The lowest BCUT2D eigenvalue weighted by Crippen LogP contribution is -2.53. The van der Waals surface area contributed by atoms with Crippen molar-refractivity contribution < 1.29 is 32.7 Å². The van der Waals surface area contributed by atoms with Crippen molar-refractivity contribution >= 4 is 51.7 Å². The van der Waals surface area contributed by atoms with E-state index in [1.54, 1.807) is 26.0 Å². The minimum Gasteiger partial charge on any atom is -0.390 e. The Morgan fingerprint density at radius 2 is 1.59 bits per heavy atom. The van der Waals surface area contributed by atoms with Gasteiger partial charge >= 0.3 is 6.03 Å². The first kappa shape index (κ1) is 34.9. The molecule has 3 amide bonds. The summed E-state index contributed by atoms with van der Waals surface area (Å²) >= 11 is 12.2. The fourth-order valence-electron chi connectivity index (χ4n) is 4.68. The molecule has 0 unspecified atom stereocenters. The molecule has 0 aliphatic carbocycles. The maximum atomic E-state index is 14.0. The lowest BCUT2D eigenvalue weighted by molar-refractivity contribution is -0.139. The molecule has 4 aromatic rings. The van der Waals surface area contributed by atoms with Gasteiger partial charge in [-0.05, 0) is 67.1 Å². The molecule has 0 radical (unpaired) electrons. The van der Waals surface area contributed by atoms with Crippen molar-refractivity contribution in [3.8, 4) is 0 Å². The average molecular weight is 679 g/mol. The Kier molecular flexibility index (Phi) is 11.5. The van der Waals surface area contributed by atoms with Crippen LogP contribution in [0.15, 0.2) is 66.9 Å². The van der Waals surface area contributed by atoms with E-state index in [-0.39, 0.29) is 42.0 Å². The molecule has 0 bridgehead atoms. The van der Waals surface area contributed by atoms with Gasteiger partial charge in [-0.25, -0.2) is 28.4 Å². The van der Waals surface area contributed by atoms with Gasteiger partial charge in [-0.3, -0.25) is 14.6 Å². The van der Waals surface area contributed by atoms with E-state index in [2.05, 4.69) is 15.7 Å². The number of carbonyl (C=O) groups excluding carboxylic acids is 2. The number of benzene rings is 3. The topological polar surface area (TPSA) is 107 Å². The zero-order valence-electron chi connectivity index (χ0n) is 25.2. The Labute approximate surface area is 273 Å². The van der Waals surface area contributed by atoms with Crippen LogP contribution in [0.3, 0.4) is 0 Å². The number of hydrazine groups is 1. The maximum Gasteiger partial charge on any atom is 0.347 e. The van der Waals surface area contributed by atoms with Gasteiger partial charge in [0, 0.05) is 31.6 Å². The lowest BCUT2D eigenvalue weighted by Gasteiger charge is -2.35. The molecule has 9 nitrogen and oxygen atoms in total. The summed E-state index contributed by atoms with van der Waals surface area (Å²) in [6, 6.07) is 12.3. The van der Waals surface area contributed by atoms with E-state index in [4.69, 9.17) is 28.0 Å². The summed E-state index contributed by atoms with van der Waals surface area (Å²) in [5.41, 5.74) is 2.31. The van der Waals surface area contributed by atoms with Gasteiger partial charge in [-0.2, -0.15) is 5.06 Å². The number of aliphatic hydroxyl groups is 1. The summed E-state index contributed by atoms with van der Waals surface area (Å²) in [6.45, 7) is 3.81. The van der Waals surface area contributed by atoms with Crippen molar-refractivity contribution in [1.29, 1.82) is 0 Å². The first-order valence-electron chi connectivity index (χ1n) is 14.1. The number of hydroxylamine groups is 1. The number of nitrogens with zero attached hydrogens (tertiary/aromatic N) is 3. The van der Waals surface area contributed by atoms with E-state index >= 15 is 0 Å². The molecule has 0 saturated heterocycles. The number of amides is 3. The quantitative estimate of drug-likeness (QED) is 0.144. The highest BCUT2D eigenvalue weighted by molar-refractivity contribution is 6.31. The number of rotatable bonds is 12. The summed E-state index contributed by atoms with van der Waals surface area (Å²) in [7, 11) is 0. The van der Waals surface area contributed by atoms with Crippen LogP contribution in [0.1, 0.15) is 38.3 Å². The molecule has 1 atom stereocenters. The SMILES string of the molecule is CC(=O)N(NCc1cccc(F)c1Cl)[C@H](CON(C(=O)NCc1cccc(F)c1Cl)c1cc2ccc(F)cc2cn1)CC(C)(C)O. The first-order chi connectivity index (χ1) is 21.7. The van der Waals surface area contributed by atoms with Gasteiger partial charge in [0.05, 0.1) is 28.3 Å². The van der Waals surface area contributed by atoms with Crippen molar-refractivity contribution in [2.24, 2.45) is 0 Å². The number of hydrogen-bond donors (Lipinski definition) is 3. The molecular weight excluding hydrogens is 646 g/mol. The van der Waals surface area contributed by atoms with Crippen LogP contribution in [0.25, 0.3) is 10.8 Å². The summed E-state index contributed by atoms with van der Waals surface area (Å²) in [5, 5.41) is 16.1. The number of halogens is 5. The molecule has 0 aliphatic heterocycles. The predicted molar refractivity (Wildman–Crippen MR) is 169 cm³/mol. The normalized spacial score (nSPS) is 12.2. The van der Waals surface area contributed by atoms with Gasteiger partial charge in [0.15, 0.2) is 5.82 Å². The summed E-state index contributed by atoms with van der Waals surface area (Å²) in [5.74, 6) is -2.20. The summed E-state index contributed by atoms with van der Waals surface area (Å²) < 4.78 is 41.8. The highest BCUT2D eigenvalue weighted by atomic mass is 35.5. The van der Waals surface area contributed by atoms with Crippen LogP contribution in [0.4, 0.5) is 23.8 Å². The molecule has 0 spiro atoms. The van der Waals surface area contributed by atoms with Crippen molar-refractivity contribution in [2.75, 3.05) is 11.7 Å². The van der Waals surface area contributed by atoms with Gasteiger partial charge in [0.1, 0.15) is 17.5 Å². The Hall–Kier alpha value is -3.94. The van der Waals surface area contributed by atoms with Gasteiger partial charge < -0.3 is 10.4 Å². The zero-order valence-corrected chi connectivity index (χ0v) is 26.7. The van der Waals surface area contributed by atoms with Crippen LogP contribution in [-0.4, -0.2) is 45.3 Å². The Bertz CT molecular complexity index is 1720. The van der Waals surface area contributed by atoms with Gasteiger partial charge in [0.25, 0.3) is 0 Å². The summed E-state index contributed by atoms with van der Waals surface area (Å²) in [4.78, 5) is 36.6. The van der Waals surface area contributed by atoms with Crippen LogP contribution >= 0.6 is 23.2 Å². The van der Waals surface area contributed by atoms with E-state index in [1.165, 1.54) is 66.7 Å². The van der Waals surface area contributed by atoms with Gasteiger partial charge in [-0.15, -0.1) is 0 Å². The monoisotopic (exact) mass is 677 g/mol. The number of aromatic nitrogens is 1. The fourth-order valence-corrected chi connectivity index (χ4v) is 5.07. The number of hydrogen-bond acceptors (Lipinski definition) is 6. The van der Waals surface area contributed by atoms with Gasteiger partial charge in [0.2, 0.25) is 5.91 Å². The van der Waals surface area contributed by atoms with Crippen LogP contribution in [0.5, 0.6) is 0 Å². The van der Waals surface area contributed by atoms with Crippen molar-refractivity contribution in [3.63, 3.8) is 0 Å². The van der Waals surface area contributed by atoms with E-state index in [0.717, 1.165) is 5.06 Å².